The number of nitrogens with zero attached hydrogens (tertiary/aromatic N) is 2. The highest BCUT2D eigenvalue weighted by Crippen LogP contribution is 2.24. The standard InChI is InChI=1S/C15H13ClFN3O3/c1-19(8-10-11(16)3-2-4-12(10)17)15(21)9-5-6-13(18)14(7-9)20(22)23/h2-7H,8,18H2,1H3. The molecule has 0 aliphatic carbocycles. The van der Waals surface area contributed by atoms with Crippen molar-refractivity contribution in [3.63, 3.8) is 0 Å². The molecular weight excluding hydrogens is 325 g/mol. The van der Waals surface area contributed by atoms with Crippen molar-refractivity contribution in [1.82, 2.24) is 4.90 Å². The number of nitro benzene ring substituents is 1. The predicted octanol–water partition coefficient (Wildman–Crippen LogP) is 3.24. The van der Waals surface area contributed by atoms with E-state index in [4.69, 9.17) is 17.3 Å². The molecule has 2 aromatic rings. The zero-order valence-electron chi connectivity index (χ0n) is 12.1. The van der Waals surface area contributed by atoms with Crippen molar-refractivity contribution < 1.29 is 14.1 Å². The fourth-order valence-corrected chi connectivity index (χ4v) is 2.27. The summed E-state index contributed by atoms with van der Waals surface area (Å²) in [6.45, 7) is -0.0670. The van der Waals surface area contributed by atoms with Crippen molar-refractivity contribution in [2.45, 2.75) is 6.54 Å². The molecule has 0 fully saturated rings. The molecule has 0 heterocycles. The first kappa shape index (κ1) is 16.7. The summed E-state index contributed by atoms with van der Waals surface area (Å²) >= 11 is 5.93. The van der Waals surface area contributed by atoms with Crippen molar-refractivity contribution in [1.29, 1.82) is 0 Å². The Morgan fingerprint density at radius 1 is 1.39 bits per heavy atom. The number of amides is 1. The second-order valence-corrected chi connectivity index (χ2v) is 5.30. The maximum atomic E-state index is 13.8. The molecule has 0 spiro atoms. The largest absolute Gasteiger partial charge is 0.393 e. The second kappa shape index (κ2) is 6.62. The number of nitrogens with two attached hydrogens (primary N) is 1. The Balaban J connectivity index is 2.27. The molecule has 8 heteroatoms. The third-order valence-electron chi connectivity index (χ3n) is 3.28. The highest BCUT2D eigenvalue weighted by Gasteiger charge is 2.19. The molecule has 120 valence electrons. The number of nitro groups is 1. The number of carbonyl (C=O) groups excluding carboxylic acids is 1. The number of carbonyl (C=O) groups is 1. The van der Waals surface area contributed by atoms with Gasteiger partial charge >= 0.3 is 0 Å². The van der Waals surface area contributed by atoms with E-state index in [9.17, 15) is 19.3 Å². The summed E-state index contributed by atoms with van der Waals surface area (Å²) in [5, 5.41) is 11.1. The lowest BCUT2D eigenvalue weighted by atomic mass is 10.1. The van der Waals surface area contributed by atoms with Crippen LogP contribution in [0, 0.1) is 15.9 Å². The van der Waals surface area contributed by atoms with Crippen LogP contribution in [0.4, 0.5) is 15.8 Å². The molecule has 23 heavy (non-hydrogen) atoms. The molecule has 2 N–H and O–H groups in total. The number of hydrogen-bond acceptors (Lipinski definition) is 4. The second-order valence-electron chi connectivity index (χ2n) is 4.89. The van der Waals surface area contributed by atoms with Gasteiger partial charge in [-0.15, -0.1) is 0 Å². The molecule has 0 radical (unpaired) electrons. The van der Waals surface area contributed by atoms with Gasteiger partial charge in [-0.2, -0.15) is 0 Å². The topological polar surface area (TPSA) is 89.5 Å². The van der Waals surface area contributed by atoms with Gasteiger partial charge in [-0.25, -0.2) is 4.39 Å². The lowest BCUT2D eigenvalue weighted by Crippen LogP contribution is -2.27. The first-order valence-electron chi connectivity index (χ1n) is 6.53. The van der Waals surface area contributed by atoms with Crippen LogP contribution in [0.15, 0.2) is 36.4 Å². The van der Waals surface area contributed by atoms with Gasteiger partial charge in [0.25, 0.3) is 11.6 Å². The third-order valence-corrected chi connectivity index (χ3v) is 3.63. The van der Waals surface area contributed by atoms with Gasteiger partial charge in [-0.3, -0.25) is 14.9 Å². The van der Waals surface area contributed by atoms with Crippen LogP contribution in [0.1, 0.15) is 15.9 Å². The van der Waals surface area contributed by atoms with Crippen LogP contribution in [0.2, 0.25) is 5.02 Å². The quantitative estimate of drug-likeness (QED) is 0.527. The van der Waals surface area contributed by atoms with Gasteiger partial charge < -0.3 is 10.6 Å². The zero-order valence-corrected chi connectivity index (χ0v) is 12.9. The lowest BCUT2D eigenvalue weighted by molar-refractivity contribution is -0.383. The molecule has 0 aromatic heterocycles. The van der Waals surface area contributed by atoms with Crippen LogP contribution in [-0.2, 0) is 6.54 Å². The minimum atomic E-state index is -0.667. The van der Waals surface area contributed by atoms with Crippen LogP contribution in [0.25, 0.3) is 0 Å². The highest BCUT2D eigenvalue weighted by molar-refractivity contribution is 6.31. The molecule has 2 rings (SSSR count). The molecule has 6 nitrogen and oxygen atoms in total. The molecule has 0 saturated carbocycles. The monoisotopic (exact) mass is 337 g/mol. The molecule has 0 aliphatic rings. The van der Waals surface area contributed by atoms with E-state index in [-0.39, 0.29) is 34.1 Å². The van der Waals surface area contributed by atoms with E-state index >= 15 is 0 Å². The molecule has 0 saturated heterocycles. The van der Waals surface area contributed by atoms with Crippen LogP contribution < -0.4 is 5.73 Å². The fourth-order valence-electron chi connectivity index (χ4n) is 2.05. The molecule has 0 unspecified atom stereocenters. The van der Waals surface area contributed by atoms with Crippen LogP contribution in [0.5, 0.6) is 0 Å². The number of rotatable bonds is 4. The molecule has 0 bridgehead atoms. The first-order chi connectivity index (χ1) is 10.8. The Morgan fingerprint density at radius 3 is 2.70 bits per heavy atom. The van der Waals surface area contributed by atoms with E-state index in [1.807, 2.05) is 0 Å². The first-order valence-corrected chi connectivity index (χ1v) is 6.91. The minimum absolute atomic E-state index is 0.0358. The van der Waals surface area contributed by atoms with Crippen LogP contribution in [0.3, 0.4) is 0 Å². The van der Waals surface area contributed by atoms with E-state index in [0.29, 0.717) is 0 Å². The maximum Gasteiger partial charge on any atom is 0.292 e. The number of halogens is 2. The number of anilines is 1. The van der Waals surface area contributed by atoms with E-state index in [2.05, 4.69) is 0 Å². The average Bonchev–Trinajstić information content (AvgIpc) is 2.50. The highest BCUT2D eigenvalue weighted by atomic mass is 35.5. The van der Waals surface area contributed by atoms with Gasteiger partial charge in [0.15, 0.2) is 0 Å². The summed E-state index contributed by atoms with van der Waals surface area (Å²) in [4.78, 5) is 23.8. The smallest absolute Gasteiger partial charge is 0.292 e. The third kappa shape index (κ3) is 3.57. The summed E-state index contributed by atoms with van der Waals surface area (Å²) in [6, 6.07) is 7.99. The fraction of sp³-hybridized carbons (Fsp3) is 0.133. The average molecular weight is 338 g/mol. The Morgan fingerprint density at radius 2 is 2.09 bits per heavy atom. The van der Waals surface area contributed by atoms with E-state index in [1.165, 1.54) is 42.3 Å². The Labute approximate surface area is 136 Å². The van der Waals surface area contributed by atoms with Crippen LogP contribution >= 0.6 is 11.6 Å². The predicted molar refractivity (Wildman–Crippen MR) is 84.7 cm³/mol. The van der Waals surface area contributed by atoms with Crippen molar-refractivity contribution >= 4 is 28.9 Å². The van der Waals surface area contributed by atoms with Crippen molar-refractivity contribution in [3.8, 4) is 0 Å². The van der Waals surface area contributed by atoms with E-state index in [0.717, 1.165) is 6.07 Å². The summed E-state index contributed by atoms with van der Waals surface area (Å²) in [6.07, 6.45) is 0. The SMILES string of the molecule is CN(Cc1c(F)cccc1Cl)C(=O)c1ccc(N)c([N+](=O)[O-])c1. The molecular formula is C15H13ClFN3O3. The van der Waals surface area contributed by atoms with Crippen LogP contribution in [-0.4, -0.2) is 22.8 Å². The maximum absolute atomic E-state index is 13.8. The molecule has 0 atom stereocenters. The molecule has 0 aliphatic heterocycles. The van der Waals surface area contributed by atoms with Gasteiger partial charge in [-0.1, -0.05) is 17.7 Å². The van der Waals surface area contributed by atoms with Gasteiger partial charge in [0, 0.05) is 35.8 Å². The van der Waals surface area contributed by atoms with Gasteiger partial charge in [0.2, 0.25) is 0 Å². The Hall–Kier alpha value is -2.67. The number of benzene rings is 2. The summed E-state index contributed by atoms with van der Waals surface area (Å²) in [5.74, 6) is -1.03. The minimum Gasteiger partial charge on any atom is -0.393 e. The van der Waals surface area contributed by atoms with E-state index < -0.39 is 16.6 Å². The Kier molecular flexibility index (Phi) is 4.80. The number of hydrogen-bond donors (Lipinski definition) is 1. The Bertz CT molecular complexity index is 762. The van der Waals surface area contributed by atoms with Crippen molar-refractivity contribution in [3.05, 3.63) is 68.5 Å². The summed E-state index contributed by atoms with van der Waals surface area (Å²) in [7, 11) is 1.45. The van der Waals surface area contributed by atoms with E-state index in [1.54, 1.807) is 0 Å². The molecule has 2 aromatic carbocycles. The van der Waals surface area contributed by atoms with Crippen molar-refractivity contribution in [2.75, 3.05) is 12.8 Å². The lowest BCUT2D eigenvalue weighted by Gasteiger charge is -2.18. The van der Waals surface area contributed by atoms with Gasteiger partial charge in [-0.05, 0) is 24.3 Å². The van der Waals surface area contributed by atoms with Crippen molar-refractivity contribution in [2.24, 2.45) is 0 Å². The normalized spacial score (nSPS) is 10.4. The number of nitrogen functional groups attached to an aromatic ring is 1. The zero-order chi connectivity index (χ0) is 17.1. The van der Waals surface area contributed by atoms with Gasteiger partial charge in [0.05, 0.1) is 4.92 Å². The summed E-state index contributed by atoms with van der Waals surface area (Å²) < 4.78 is 13.8. The molecule has 1 amide bonds. The summed E-state index contributed by atoms with van der Waals surface area (Å²) in [5.41, 5.74) is 5.37. The van der Waals surface area contributed by atoms with Gasteiger partial charge in [0.1, 0.15) is 11.5 Å².